The summed E-state index contributed by atoms with van der Waals surface area (Å²) in [5, 5.41) is 4.18. The molecule has 1 aromatic heterocycles. The number of aromatic nitrogens is 2. The molecule has 0 saturated carbocycles. The first-order valence-electron chi connectivity index (χ1n) is 7.51. The maximum atomic E-state index is 6.00. The number of hydrogen-bond donors (Lipinski definition) is 1. The van der Waals surface area contributed by atoms with Gasteiger partial charge in [-0.1, -0.05) is 39.0 Å². The topological polar surface area (TPSA) is 53.1 Å². The first-order chi connectivity index (χ1) is 9.15. The summed E-state index contributed by atoms with van der Waals surface area (Å²) in [5.41, 5.74) is 7.07. The van der Waals surface area contributed by atoms with Crippen molar-refractivity contribution < 1.29 is 4.74 Å². The van der Waals surface area contributed by atoms with E-state index in [-0.39, 0.29) is 12.1 Å². The largest absolute Gasteiger partial charge is 0.372 e. The number of ether oxygens (including phenoxy) is 1. The lowest BCUT2D eigenvalue weighted by molar-refractivity contribution is 0.0358. The van der Waals surface area contributed by atoms with Crippen LogP contribution in [0.15, 0.2) is 12.4 Å². The summed E-state index contributed by atoms with van der Waals surface area (Å²) in [6, 6.07) is -0.00992. The lowest BCUT2D eigenvalue weighted by Gasteiger charge is -2.20. The van der Waals surface area contributed by atoms with Gasteiger partial charge in [-0.2, -0.15) is 5.10 Å². The second-order valence-corrected chi connectivity index (χ2v) is 5.37. The number of nitrogens with two attached hydrogens (primary N) is 1. The third-order valence-corrected chi connectivity index (χ3v) is 3.33. The van der Waals surface area contributed by atoms with Crippen molar-refractivity contribution in [2.45, 2.75) is 64.5 Å². The molecule has 2 N–H and O–H groups in total. The van der Waals surface area contributed by atoms with Crippen molar-refractivity contribution in [2.75, 3.05) is 6.61 Å². The number of rotatable bonds is 10. The second kappa shape index (κ2) is 9.10. The third-order valence-electron chi connectivity index (χ3n) is 3.33. The van der Waals surface area contributed by atoms with Crippen LogP contribution in [0.3, 0.4) is 0 Å². The van der Waals surface area contributed by atoms with E-state index in [4.69, 9.17) is 10.5 Å². The van der Waals surface area contributed by atoms with Crippen LogP contribution in [0, 0.1) is 0 Å². The van der Waals surface area contributed by atoms with Crippen molar-refractivity contribution in [2.24, 2.45) is 12.8 Å². The molecule has 0 aliphatic carbocycles. The highest BCUT2D eigenvalue weighted by Gasteiger charge is 2.18. The number of unbranched alkanes of at least 4 members (excludes halogenated alkanes) is 5. The third kappa shape index (κ3) is 6.21. The maximum absolute atomic E-state index is 6.00. The van der Waals surface area contributed by atoms with Gasteiger partial charge in [0, 0.05) is 31.5 Å². The summed E-state index contributed by atoms with van der Waals surface area (Å²) < 4.78 is 7.72. The normalized spacial score (nSPS) is 14.5. The van der Waals surface area contributed by atoms with Crippen LogP contribution >= 0.6 is 0 Å². The monoisotopic (exact) mass is 267 g/mol. The fourth-order valence-corrected chi connectivity index (χ4v) is 2.23. The molecule has 0 fully saturated rings. The maximum Gasteiger partial charge on any atom is 0.100 e. The van der Waals surface area contributed by atoms with Gasteiger partial charge in [0.2, 0.25) is 0 Å². The first-order valence-corrected chi connectivity index (χ1v) is 7.51. The van der Waals surface area contributed by atoms with Gasteiger partial charge in [0.15, 0.2) is 0 Å². The Kier molecular flexibility index (Phi) is 7.75. The van der Waals surface area contributed by atoms with Gasteiger partial charge in [-0.05, 0) is 13.3 Å². The molecule has 0 spiro atoms. The Hall–Kier alpha value is -0.870. The SMILES string of the molecule is CCCCCCCCOC(c1cnn(C)c1)C(C)N. The molecule has 1 rings (SSSR count). The van der Waals surface area contributed by atoms with E-state index < -0.39 is 0 Å². The zero-order chi connectivity index (χ0) is 14.1. The Morgan fingerprint density at radius 1 is 1.26 bits per heavy atom. The van der Waals surface area contributed by atoms with Crippen molar-refractivity contribution in [1.29, 1.82) is 0 Å². The quantitative estimate of drug-likeness (QED) is 0.662. The minimum atomic E-state index is -0.0376. The molecule has 0 aliphatic heterocycles. The van der Waals surface area contributed by atoms with Gasteiger partial charge in [-0.15, -0.1) is 0 Å². The highest BCUT2D eigenvalue weighted by molar-refractivity contribution is 5.10. The summed E-state index contributed by atoms with van der Waals surface area (Å²) in [7, 11) is 1.91. The van der Waals surface area contributed by atoms with Crippen molar-refractivity contribution >= 4 is 0 Å². The molecule has 0 saturated heterocycles. The summed E-state index contributed by atoms with van der Waals surface area (Å²) >= 11 is 0. The second-order valence-electron chi connectivity index (χ2n) is 5.37. The van der Waals surface area contributed by atoms with Crippen LogP contribution in [-0.4, -0.2) is 22.4 Å². The average molecular weight is 267 g/mol. The molecule has 110 valence electrons. The van der Waals surface area contributed by atoms with E-state index in [1.54, 1.807) is 4.68 Å². The lowest BCUT2D eigenvalue weighted by Crippen LogP contribution is -2.27. The van der Waals surface area contributed by atoms with Crippen LogP contribution in [0.25, 0.3) is 0 Å². The predicted molar refractivity (Wildman–Crippen MR) is 78.9 cm³/mol. The van der Waals surface area contributed by atoms with Crippen LogP contribution in [0.1, 0.15) is 64.0 Å². The van der Waals surface area contributed by atoms with Crippen LogP contribution in [-0.2, 0) is 11.8 Å². The molecule has 4 nitrogen and oxygen atoms in total. The zero-order valence-electron chi connectivity index (χ0n) is 12.6. The van der Waals surface area contributed by atoms with Gasteiger partial charge >= 0.3 is 0 Å². The highest BCUT2D eigenvalue weighted by Crippen LogP contribution is 2.20. The number of aryl methyl sites for hydroxylation is 1. The van der Waals surface area contributed by atoms with Crippen molar-refractivity contribution in [1.82, 2.24) is 9.78 Å². The van der Waals surface area contributed by atoms with E-state index in [1.165, 1.54) is 32.1 Å². The molecule has 2 unspecified atom stereocenters. The van der Waals surface area contributed by atoms with E-state index in [2.05, 4.69) is 12.0 Å². The molecule has 4 heteroatoms. The van der Waals surface area contributed by atoms with Gasteiger partial charge in [0.1, 0.15) is 6.10 Å². The van der Waals surface area contributed by atoms with Crippen molar-refractivity contribution in [3.63, 3.8) is 0 Å². The molecule has 0 amide bonds. The van der Waals surface area contributed by atoms with Gasteiger partial charge in [-0.3, -0.25) is 4.68 Å². The van der Waals surface area contributed by atoms with Gasteiger partial charge in [-0.25, -0.2) is 0 Å². The van der Waals surface area contributed by atoms with Gasteiger partial charge < -0.3 is 10.5 Å². The van der Waals surface area contributed by atoms with Gasteiger partial charge in [0.05, 0.1) is 6.20 Å². The van der Waals surface area contributed by atoms with Crippen LogP contribution in [0.2, 0.25) is 0 Å². The zero-order valence-corrected chi connectivity index (χ0v) is 12.6. The molecule has 1 aromatic rings. The first kappa shape index (κ1) is 16.2. The number of hydrogen-bond acceptors (Lipinski definition) is 3. The Morgan fingerprint density at radius 3 is 2.53 bits per heavy atom. The van der Waals surface area contributed by atoms with Crippen LogP contribution in [0.5, 0.6) is 0 Å². The molecule has 0 aromatic carbocycles. The summed E-state index contributed by atoms with van der Waals surface area (Å²) in [4.78, 5) is 0. The molecule has 2 atom stereocenters. The van der Waals surface area contributed by atoms with E-state index in [9.17, 15) is 0 Å². The minimum Gasteiger partial charge on any atom is -0.372 e. The average Bonchev–Trinajstić information content (AvgIpc) is 2.78. The standard InChI is InChI=1S/C15H29N3O/c1-4-5-6-7-8-9-10-19-15(13(2)16)14-11-17-18(3)12-14/h11-13,15H,4-10,16H2,1-3H3. The molecular weight excluding hydrogens is 238 g/mol. The Balaban J connectivity index is 2.24. The smallest absolute Gasteiger partial charge is 0.100 e. The molecule has 0 radical (unpaired) electrons. The van der Waals surface area contributed by atoms with E-state index in [0.29, 0.717) is 0 Å². The fourth-order valence-electron chi connectivity index (χ4n) is 2.23. The summed E-state index contributed by atoms with van der Waals surface area (Å²) in [6.45, 7) is 5.01. The summed E-state index contributed by atoms with van der Waals surface area (Å²) in [5.74, 6) is 0. The van der Waals surface area contributed by atoms with Crippen LogP contribution in [0.4, 0.5) is 0 Å². The van der Waals surface area contributed by atoms with E-state index in [1.807, 2.05) is 26.4 Å². The summed E-state index contributed by atoms with van der Waals surface area (Å²) in [6.07, 6.45) is 11.5. The molecule has 19 heavy (non-hydrogen) atoms. The minimum absolute atomic E-state index is 0.00992. The lowest BCUT2D eigenvalue weighted by atomic mass is 10.1. The number of nitrogens with zero attached hydrogens (tertiary/aromatic N) is 2. The Bertz CT molecular complexity index is 336. The van der Waals surface area contributed by atoms with Crippen LogP contribution < -0.4 is 5.73 Å². The van der Waals surface area contributed by atoms with Crippen molar-refractivity contribution in [3.05, 3.63) is 18.0 Å². The van der Waals surface area contributed by atoms with E-state index >= 15 is 0 Å². The fraction of sp³-hybridized carbons (Fsp3) is 0.800. The van der Waals surface area contributed by atoms with Crippen molar-refractivity contribution in [3.8, 4) is 0 Å². The predicted octanol–water partition coefficient (Wildman–Crippen LogP) is 3.19. The molecule has 1 heterocycles. The molecule has 0 bridgehead atoms. The molecular formula is C15H29N3O. The van der Waals surface area contributed by atoms with Gasteiger partial charge in [0.25, 0.3) is 0 Å². The highest BCUT2D eigenvalue weighted by atomic mass is 16.5. The molecule has 0 aliphatic rings. The van der Waals surface area contributed by atoms with E-state index in [0.717, 1.165) is 18.6 Å². The Labute approximate surface area is 117 Å². The Morgan fingerprint density at radius 2 is 1.95 bits per heavy atom.